The van der Waals surface area contributed by atoms with E-state index in [1.54, 1.807) is 48.5 Å². The van der Waals surface area contributed by atoms with E-state index in [0.717, 1.165) is 11.1 Å². The van der Waals surface area contributed by atoms with Crippen LogP contribution in [0.4, 0.5) is 11.5 Å². The third-order valence-corrected chi connectivity index (χ3v) is 5.97. The van der Waals surface area contributed by atoms with Gasteiger partial charge in [-0.25, -0.2) is 13.4 Å². The molecular weight excluding hydrogens is 398 g/mol. The molecule has 0 atom stereocenters. The highest BCUT2D eigenvalue weighted by molar-refractivity contribution is 7.92. The lowest BCUT2D eigenvalue weighted by molar-refractivity contribution is 0.601. The summed E-state index contributed by atoms with van der Waals surface area (Å²) in [5, 5.41) is 7.07. The molecule has 4 aromatic rings. The molecule has 0 saturated heterocycles. The normalized spacial score (nSPS) is 11.6. The summed E-state index contributed by atoms with van der Waals surface area (Å²) in [4.78, 5) is 4.67. The second-order valence-electron chi connectivity index (χ2n) is 6.31. The van der Waals surface area contributed by atoms with E-state index in [9.17, 15) is 8.42 Å². The number of hydrogen-bond acceptors (Lipinski definition) is 5. The van der Waals surface area contributed by atoms with Crippen LogP contribution in [0, 0.1) is 6.92 Å². The van der Waals surface area contributed by atoms with Crippen LogP contribution in [0.3, 0.4) is 0 Å². The van der Waals surface area contributed by atoms with E-state index in [4.69, 9.17) is 17.3 Å². The summed E-state index contributed by atoms with van der Waals surface area (Å²) in [6.07, 6.45) is 0. The topological polar surface area (TPSA) is 114 Å². The van der Waals surface area contributed by atoms with Gasteiger partial charge in [0.15, 0.2) is 5.82 Å². The third kappa shape index (κ3) is 3.39. The standard InChI is InChI=1S/C19H16ClN5O2S/c1-11-2-5-13(6-3-11)28(26,27)25-12-4-7-14(15(20)10-12)16-8-9-17-18(22-16)19(21)24-23-17/h2-10,25H,1H3,(H3,21,23,24). The monoisotopic (exact) mass is 413 g/mol. The molecule has 0 aliphatic rings. The molecule has 9 heteroatoms. The van der Waals surface area contributed by atoms with Crippen LogP contribution < -0.4 is 10.5 Å². The molecule has 0 aliphatic heterocycles. The molecule has 0 saturated carbocycles. The number of nitrogens with two attached hydrogens (primary N) is 1. The highest BCUT2D eigenvalue weighted by Gasteiger charge is 2.15. The number of rotatable bonds is 4. The average molecular weight is 414 g/mol. The van der Waals surface area contributed by atoms with Gasteiger partial charge in [-0.15, -0.1) is 0 Å². The molecule has 0 bridgehead atoms. The van der Waals surface area contributed by atoms with Crippen molar-refractivity contribution in [2.45, 2.75) is 11.8 Å². The number of pyridine rings is 1. The minimum atomic E-state index is -3.70. The fourth-order valence-electron chi connectivity index (χ4n) is 2.79. The number of nitrogens with one attached hydrogen (secondary N) is 2. The minimum Gasteiger partial charge on any atom is -0.380 e. The molecule has 142 valence electrons. The summed E-state index contributed by atoms with van der Waals surface area (Å²) in [7, 11) is -3.70. The van der Waals surface area contributed by atoms with Gasteiger partial charge in [0, 0.05) is 5.56 Å². The number of aromatic amines is 1. The maximum Gasteiger partial charge on any atom is 0.261 e. The highest BCUT2D eigenvalue weighted by Crippen LogP contribution is 2.31. The Morgan fingerprint density at radius 1 is 1.07 bits per heavy atom. The van der Waals surface area contributed by atoms with Crippen molar-refractivity contribution in [3.8, 4) is 11.3 Å². The van der Waals surface area contributed by atoms with Crippen molar-refractivity contribution in [3.63, 3.8) is 0 Å². The zero-order valence-corrected chi connectivity index (χ0v) is 16.3. The Morgan fingerprint density at radius 3 is 2.54 bits per heavy atom. The summed E-state index contributed by atoms with van der Waals surface area (Å²) < 4.78 is 27.6. The van der Waals surface area contributed by atoms with Crippen molar-refractivity contribution in [1.29, 1.82) is 0 Å². The Morgan fingerprint density at radius 2 is 1.82 bits per heavy atom. The molecule has 2 aromatic carbocycles. The number of nitrogens with zero attached hydrogens (tertiary/aromatic N) is 2. The Kier molecular flexibility index (Phi) is 4.44. The third-order valence-electron chi connectivity index (χ3n) is 4.26. The molecule has 7 nitrogen and oxygen atoms in total. The van der Waals surface area contributed by atoms with E-state index < -0.39 is 10.0 Å². The molecule has 2 aromatic heterocycles. The van der Waals surface area contributed by atoms with Crippen molar-refractivity contribution >= 4 is 44.2 Å². The van der Waals surface area contributed by atoms with Crippen LogP contribution in [0.15, 0.2) is 59.5 Å². The fraction of sp³-hybridized carbons (Fsp3) is 0.0526. The number of benzene rings is 2. The van der Waals surface area contributed by atoms with E-state index in [0.29, 0.717) is 33.3 Å². The van der Waals surface area contributed by atoms with Crippen LogP contribution in [-0.2, 0) is 10.0 Å². The Hall–Kier alpha value is -3.10. The highest BCUT2D eigenvalue weighted by atomic mass is 35.5. The molecule has 28 heavy (non-hydrogen) atoms. The first kappa shape index (κ1) is 18.3. The molecule has 0 radical (unpaired) electrons. The van der Waals surface area contributed by atoms with Gasteiger partial charge in [0.05, 0.1) is 26.8 Å². The minimum absolute atomic E-state index is 0.181. The van der Waals surface area contributed by atoms with Crippen molar-refractivity contribution in [2.24, 2.45) is 0 Å². The average Bonchev–Trinajstić information content (AvgIpc) is 3.02. The molecular formula is C19H16ClN5O2S. The summed E-state index contributed by atoms with van der Waals surface area (Å²) in [6, 6.07) is 15.1. The first-order valence-electron chi connectivity index (χ1n) is 8.33. The predicted octanol–water partition coefficient (Wildman–Crippen LogP) is 3.97. The number of fused-ring (bicyclic) bond motifs is 1. The van der Waals surface area contributed by atoms with Crippen LogP contribution >= 0.6 is 11.6 Å². The van der Waals surface area contributed by atoms with E-state index in [-0.39, 0.29) is 4.90 Å². The molecule has 0 spiro atoms. The number of aryl methyl sites for hydroxylation is 1. The zero-order chi connectivity index (χ0) is 19.9. The first-order chi connectivity index (χ1) is 13.3. The van der Waals surface area contributed by atoms with Crippen molar-refractivity contribution in [1.82, 2.24) is 15.2 Å². The van der Waals surface area contributed by atoms with Gasteiger partial charge in [0.25, 0.3) is 10.0 Å². The van der Waals surface area contributed by atoms with Crippen molar-refractivity contribution in [2.75, 3.05) is 10.5 Å². The van der Waals surface area contributed by atoms with Crippen LogP contribution in [0.25, 0.3) is 22.3 Å². The van der Waals surface area contributed by atoms with Gasteiger partial charge in [-0.05, 0) is 49.4 Å². The maximum atomic E-state index is 12.5. The lowest BCUT2D eigenvalue weighted by atomic mass is 10.1. The van der Waals surface area contributed by atoms with E-state index >= 15 is 0 Å². The molecule has 4 N–H and O–H groups in total. The summed E-state index contributed by atoms with van der Waals surface area (Å²) >= 11 is 6.39. The largest absolute Gasteiger partial charge is 0.380 e. The lowest BCUT2D eigenvalue weighted by Crippen LogP contribution is -2.12. The number of halogens is 1. The fourth-order valence-corrected chi connectivity index (χ4v) is 4.11. The summed E-state index contributed by atoms with van der Waals surface area (Å²) in [5.74, 6) is 0.301. The van der Waals surface area contributed by atoms with Crippen molar-refractivity contribution in [3.05, 3.63) is 65.2 Å². The van der Waals surface area contributed by atoms with E-state index in [2.05, 4.69) is 19.9 Å². The summed E-state index contributed by atoms with van der Waals surface area (Å²) in [5.41, 5.74) is 9.69. The van der Waals surface area contributed by atoms with E-state index in [1.807, 2.05) is 13.0 Å². The number of nitrogen functional groups attached to an aromatic ring is 1. The van der Waals surface area contributed by atoms with Gasteiger partial charge in [-0.2, -0.15) is 5.10 Å². The van der Waals surface area contributed by atoms with Gasteiger partial charge < -0.3 is 5.73 Å². The van der Waals surface area contributed by atoms with Gasteiger partial charge in [0.1, 0.15) is 5.52 Å². The van der Waals surface area contributed by atoms with Gasteiger partial charge >= 0.3 is 0 Å². The van der Waals surface area contributed by atoms with E-state index in [1.165, 1.54) is 0 Å². The number of H-pyrrole nitrogens is 1. The zero-order valence-electron chi connectivity index (χ0n) is 14.8. The van der Waals surface area contributed by atoms with Crippen LogP contribution in [-0.4, -0.2) is 23.6 Å². The summed E-state index contributed by atoms with van der Waals surface area (Å²) in [6.45, 7) is 1.89. The van der Waals surface area contributed by atoms with Crippen LogP contribution in [0.2, 0.25) is 5.02 Å². The first-order valence-corrected chi connectivity index (χ1v) is 10.2. The number of anilines is 2. The lowest BCUT2D eigenvalue weighted by Gasteiger charge is -2.11. The van der Waals surface area contributed by atoms with Crippen molar-refractivity contribution < 1.29 is 8.42 Å². The van der Waals surface area contributed by atoms with Crippen LogP contribution in [0.1, 0.15) is 5.56 Å². The number of hydrogen-bond donors (Lipinski definition) is 3. The molecule has 0 fully saturated rings. The van der Waals surface area contributed by atoms with Gasteiger partial charge in [-0.1, -0.05) is 29.3 Å². The predicted molar refractivity (Wildman–Crippen MR) is 111 cm³/mol. The SMILES string of the molecule is Cc1ccc(S(=O)(=O)Nc2ccc(-c3ccc4[nH]nc(N)c4n3)c(Cl)c2)cc1. The van der Waals surface area contributed by atoms with Gasteiger partial charge in [-0.3, -0.25) is 9.82 Å². The molecule has 0 unspecified atom stereocenters. The van der Waals surface area contributed by atoms with Gasteiger partial charge in [0.2, 0.25) is 0 Å². The Bertz CT molecular complexity index is 1280. The quantitative estimate of drug-likeness (QED) is 0.468. The molecule has 0 aliphatic carbocycles. The maximum absolute atomic E-state index is 12.5. The molecule has 0 amide bonds. The number of sulfonamides is 1. The smallest absolute Gasteiger partial charge is 0.261 e. The number of aromatic nitrogens is 3. The van der Waals surface area contributed by atoms with Crippen LogP contribution in [0.5, 0.6) is 0 Å². The second-order valence-corrected chi connectivity index (χ2v) is 8.40. The second kappa shape index (κ2) is 6.81. The molecule has 4 rings (SSSR count). The Labute approximate surface area is 166 Å². The molecule has 2 heterocycles. The Balaban J connectivity index is 1.65.